The lowest BCUT2D eigenvalue weighted by atomic mass is 9.98. The van der Waals surface area contributed by atoms with Crippen molar-refractivity contribution in [1.29, 1.82) is 0 Å². The van der Waals surface area contributed by atoms with E-state index in [4.69, 9.17) is 4.74 Å². The number of halogens is 3. The van der Waals surface area contributed by atoms with Gasteiger partial charge in [-0.15, -0.1) is 0 Å². The average molecular weight is 276 g/mol. The zero-order chi connectivity index (χ0) is 12.9. The molecule has 0 aromatic rings. The number of rotatable bonds is 5. The van der Waals surface area contributed by atoms with Crippen molar-refractivity contribution in [3.05, 3.63) is 0 Å². The van der Waals surface area contributed by atoms with Crippen LogP contribution in [0.3, 0.4) is 0 Å². The van der Waals surface area contributed by atoms with Gasteiger partial charge in [-0.3, -0.25) is 4.18 Å². The molecule has 102 valence electrons. The summed E-state index contributed by atoms with van der Waals surface area (Å²) >= 11 is 0. The van der Waals surface area contributed by atoms with Crippen molar-refractivity contribution in [2.75, 3.05) is 13.2 Å². The molecule has 0 amide bonds. The van der Waals surface area contributed by atoms with Crippen LogP contribution in [0, 0.1) is 0 Å². The lowest BCUT2D eigenvalue weighted by molar-refractivity contribution is -0.0571. The van der Waals surface area contributed by atoms with Gasteiger partial charge in [0.15, 0.2) is 0 Å². The smallest absolute Gasteiger partial charge is 0.376 e. The first kappa shape index (κ1) is 14.7. The molecule has 0 bridgehead atoms. The van der Waals surface area contributed by atoms with Crippen LogP contribution in [0.4, 0.5) is 13.2 Å². The fraction of sp³-hybridized carbons (Fsp3) is 1.00. The molecule has 0 spiro atoms. The Kier molecular flexibility index (Phi) is 5.21. The second-order valence-corrected chi connectivity index (χ2v) is 5.46. The zero-order valence-electron chi connectivity index (χ0n) is 9.20. The first-order valence-electron chi connectivity index (χ1n) is 5.40. The van der Waals surface area contributed by atoms with Crippen molar-refractivity contribution in [3.8, 4) is 0 Å². The molecule has 1 rings (SSSR count). The highest BCUT2D eigenvalue weighted by atomic mass is 32.2. The maximum atomic E-state index is 11.9. The Morgan fingerprint density at radius 2 is 1.65 bits per heavy atom. The lowest BCUT2D eigenvalue weighted by Gasteiger charge is -2.21. The topological polar surface area (TPSA) is 52.6 Å². The molecule has 17 heavy (non-hydrogen) atoms. The Morgan fingerprint density at radius 1 is 1.06 bits per heavy atom. The normalized spacial score (nSPS) is 19.5. The summed E-state index contributed by atoms with van der Waals surface area (Å²) < 4.78 is 65.6. The van der Waals surface area contributed by atoms with Gasteiger partial charge < -0.3 is 4.74 Å². The molecule has 0 atom stereocenters. The highest BCUT2D eigenvalue weighted by Gasteiger charge is 2.47. The third-order valence-corrected chi connectivity index (χ3v) is 3.55. The summed E-state index contributed by atoms with van der Waals surface area (Å²) in [7, 11) is -5.48. The van der Waals surface area contributed by atoms with Gasteiger partial charge in [0.25, 0.3) is 0 Å². The Morgan fingerprint density at radius 3 is 2.18 bits per heavy atom. The summed E-state index contributed by atoms with van der Waals surface area (Å²) in [6, 6.07) is 0. The fourth-order valence-electron chi connectivity index (χ4n) is 1.66. The summed E-state index contributed by atoms with van der Waals surface area (Å²) in [6.45, 7) is -0.738. The van der Waals surface area contributed by atoms with Crippen molar-refractivity contribution >= 4 is 10.1 Å². The minimum Gasteiger partial charge on any atom is -0.376 e. The summed E-state index contributed by atoms with van der Waals surface area (Å²) in [5.41, 5.74) is -5.36. The molecule has 1 aliphatic carbocycles. The van der Waals surface area contributed by atoms with E-state index in [1.807, 2.05) is 0 Å². The van der Waals surface area contributed by atoms with Gasteiger partial charge in [-0.2, -0.15) is 21.6 Å². The van der Waals surface area contributed by atoms with E-state index in [1.165, 1.54) is 0 Å². The van der Waals surface area contributed by atoms with Crippen LogP contribution in [0.5, 0.6) is 0 Å². The van der Waals surface area contributed by atoms with Gasteiger partial charge in [-0.05, 0) is 12.8 Å². The Balaban J connectivity index is 2.19. The molecular weight excluding hydrogens is 261 g/mol. The SMILES string of the molecule is O=S(=O)(OCCOC1CCCCC1)C(F)(F)F. The molecule has 1 aliphatic rings. The lowest BCUT2D eigenvalue weighted by Crippen LogP contribution is -2.27. The van der Waals surface area contributed by atoms with Crippen LogP contribution in [0.15, 0.2) is 0 Å². The Bertz CT molecular complexity index is 320. The monoisotopic (exact) mass is 276 g/mol. The molecule has 1 fully saturated rings. The van der Waals surface area contributed by atoms with Gasteiger partial charge in [0.05, 0.1) is 19.3 Å². The van der Waals surface area contributed by atoms with E-state index in [0.717, 1.165) is 32.1 Å². The van der Waals surface area contributed by atoms with E-state index >= 15 is 0 Å². The number of hydrogen-bond acceptors (Lipinski definition) is 4. The van der Waals surface area contributed by atoms with E-state index in [1.54, 1.807) is 0 Å². The zero-order valence-corrected chi connectivity index (χ0v) is 10.0. The fourth-order valence-corrected chi connectivity index (χ4v) is 2.08. The van der Waals surface area contributed by atoms with Crippen molar-refractivity contribution in [2.24, 2.45) is 0 Å². The van der Waals surface area contributed by atoms with Crippen molar-refractivity contribution < 1.29 is 30.5 Å². The van der Waals surface area contributed by atoms with Crippen LogP contribution in [-0.2, 0) is 19.0 Å². The molecular formula is C9H15F3O4S. The van der Waals surface area contributed by atoms with Crippen LogP contribution in [0.2, 0.25) is 0 Å². The highest BCUT2D eigenvalue weighted by Crippen LogP contribution is 2.24. The van der Waals surface area contributed by atoms with Crippen LogP contribution in [-0.4, -0.2) is 33.2 Å². The van der Waals surface area contributed by atoms with Gasteiger partial charge in [0.2, 0.25) is 0 Å². The van der Waals surface area contributed by atoms with Gasteiger partial charge >= 0.3 is 15.6 Å². The van der Waals surface area contributed by atoms with Crippen LogP contribution >= 0.6 is 0 Å². The molecule has 8 heteroatoms. The molecule has 0 unspecified atom stereocenters. The van der Waals surface area contributed by atoms with E-state index in [2.05, 4.69) is 4.18 Å². The number of ether oxygens (including phenoxy) is 1. The van der Waals surface area contributed by atoms with Crippen LogP contribution in [0.25, 0.3) is 0 Å². The number of hydrogen-bond donors (Lipinski definition) is 0. The molecule has 1 saturated carbocycles. The third-order valence-electron chi connectivity index (χ3n) is 2.51. The first-order chi connectivity index (χ1) is 7.83. The van der Waals surface area contributed by atoms with Crippen molar-refractivity contribution in [1.82, 2.24) is 0 Å². The van der Waals surface area contributed by atoms with E-state index in [-0.39, 0.29) is 12.7 Å². The predicted octanol–water partition coefficient (Wildman–Crippen LogP) is 2.20. The summed E-state index contributed by atoms with van der Waals surface area (Å²) in [4.78, 5) is 0. The first-order valence-corrected chi connectivity index (χ1v) is 6.81. The molecule has 0 aromatic carbocycles. The predicted molar refractivity (Wildman–Crippen MR) is 53.8 cm³/mol. The van der Waals surface area contributed by atoms with E-state index in [9.17, 15) is 21.6 Å². The highest BCUT2D eigenvalue weighted by molar-refractivity contribution is 7.87. The van der Waals surface area contributed by atoms with Crippen molar-refractivity contribution in [3.63, 3.8) is 0 Å². The Labute approximate surface area is 98.2 Å². The number of alkyl halides is 3. The van der Waals surface area contributed by atoms with Crippen molar-refractivity contribution in [2.45, 2.75) is 43.7 Å². The van der Waals surface area contributed by atoms with Crippen LogP contribution in [0.1, 0.15) is 32.1 Å². The summed E-state index contributed by atoms with van der Waals surface area (Å²) in [5.74, 6) is 0. The molecule has 0 saturated heterocycles. The maximum Gasteiger partial charge on any atom is 0.523 e. The summed E-state index contributed by atoms with van der Waals surface area (Å²) in [6.07, 6.45) is 4.95. The average Bonchev–Trinajstić information content (AvgIpc) is 2.24. The third kappa shape index (κ3) is 4.81. The molecule has 0 heterocycles. The molecule has 0 radical (unpaired) electrons. The Hall–Kier alpha value is -0.340. The second-order valence-electron chi connectivity index (χ2n) is 3.85. The van der Waals surface area contributed by atoms with Gasteiger partial charge in [0, 0.05) is 0 Å². The van der Waals surface area contributed by atoms with E-state index in [0.29, 0.717) is 0 Å². The molecule has 0 N–H and O–H groups in total. The van der Waals surface area contributed by atoms with E-state index < -0.39 is 22.2 Å². The minimum absolute atomic E-state index is 0.0148. The van der Waals surface area contributed by atoms with Crippen LogP contribution < -0.4 is 0 Å². The quantitative estimate of drug-likeness (QED) is 0.439. The van der Waals surface area contributed by atoms with Gasteiger partial charge in [-0.1, -0.05) is 19.3 Å². The van der Waals surface area contributed by atoms with Gasteiger partial charge in [0.1, 0.15) is 0 Å². The standard InChI is InChI=1S/C9H15F3O4S/c10-9(11,12)17(13,14)16-7-6-15-8-4-2-1-3-5-8/h8H,1-7H2. The summed E-state index contributed by atoms with van der Waals surface area (Å²) in [5, 5.41) is 0. The van der Waals surface area contributed by atoms with Gasteiger partial charge in [-0.25, -0.2) is 0 Å². The second kappa shape index (κ2) is 6.01. The molecule has 4 nitrogen and oxygen atoms in total. The maximum absolute atomic E-state index is 11.9. The molecule has 0 aromatic heterocycles. The largest absolute Gasteiger partial charge is 0.523 e. The minimum atomic E-state index is -5.48. The molecule has 0 aliphatic heterocycles.